The maximum atomic E-state index is 12.3. The van der Waals surface area contributed by atoms with Crippen LogP contribution in [-0.2, 0) is 17.9 Å². The number of thiocarbonyl (C=S) groups is 1. The van der Waals surface area contributed by atoms with Crippen molar-refractivity contribution in [1.29, 1.82) is 0 Å². The Hall–Kier alpha value is -2.12. The fraction of sp³-hybridized carbons (Fsp3) is 0.455. The first-order chi connectivity index (χ1) is 14.2. The van der Waals surface area contributed by atoms with E-state index in [0.717, 1.165) is 30.7 Å². The van der Waals surface area contributed by atoms with E-state index in [-0.39, 0.29) is 12.5 Å². The van der Waals surface area contributed by atoms with Crippen LogP contribution in [0.4, 0.5) is 0 Å². The topological polar surface area (TPSA) is 53.6 Å². The molecular formula is C22H29N3O2S2. The molecule has 0 atom stereocenters. The lowest BCUT2D eigenvalue weighted by molar-refractivity contribution is -0.120. The predicted octanol–water partition coefficient (Wildman–Crippen LogP) is 4.08. The first-order valence-corrected chi connectivity index (χ1v) is 11.4. The van der Waals surface area contributed by atoms with Crippen molar-refractivity contribution in [1.82, 2.24) is 15.5 Å². The van der Waals surface area contributed by atoms with Gasteiger partial charge in [-0.15, -0.1) is 11.3 Å². The maximum Gasteiger partial charge on any atom is 0.239 e. The highest BCUT2D eigenvalue weighted by atomic mass is 32.1. The number of rotatable bonds is 8. The van der Waals surface area contributed by atoms with E-state index >= 15 is 0 Å². The molecule has 0 aliphatic heterocycles. The van der Waals surface area contributed by atoms with Crippen LogP contribution in [0.5, 0.6) is 5.75 Å². The monoisotopic (exact) mass is 431 g/mol. The first kappa shape index (κ1) is 21.6. The van der Waals surface area contributed by atoms with Crippen molar-refractivity contribution in [2.75, 3.05) is 13.7 Å². The molecule has 156 valence electrons. The molecule has 1 fully saturated rings. The van der Waals surface area contributed by atoms with Crippen LogP contribution in [-0.4, -0.2) is 35.6 Å². The van der Waals surface area contributed by atoms with Crippen molar-refractivity contribution in [2.24, 2.45) is 0 Å². The van der Waals surface area contributed by atoms with Crippen LogP contribution < -0.4 is 15.4 Å². The van der Waals surface area contributed by atoms with Gasteiger partial charge in [0, 0.05) is 23.0 Å². The van der Waals surface area contributed by atoms with Gasteiger partial charge in [0.25, 0.3) is 0 Å². The predicted molar refractivity (Wildman–Crippen MR) is 122 cm³/mol. The number of thiophene rings is 1. The third-order valence-corrected chi connectivity index (χ3v) is 6.49. The number of nitrogens with one attached hydrogen (secondary N) is 2. The summed E-state index contributed by atoms with van der Waals surface area (Å²) in [5.41, 5.74) is 0.951. The normalized spacial score (nSPS) is 14.2. The summed E-state index contributed by atoms with van der Waals surface area (Å²) < 4.78 is 5.33. The van der Waals surface area contributed by atoms with E-state index in [1.165, 1.54) is 24.1 Å². The number of methoxy groups -OCH3 is 1. The molecule has 2 N–H and O–H groups in total. The second kappa shape index (κ2) is 11.2. The first-order valence-electron chi connectivity index (χ1n) is 10.1. The van der Waals surface area contributed by atoms with Crippen molar-refractivity contribution < 1.29 is 9.53 Å². The second-order valence-corrected chi connectivity index (χ2v) is 8.67. The largest absolute Gasteiger partial charge is 0.496 e. The smallest absolute Gasteiger partial charge is 0.239 e. The van der Waals surface area contributed by atoms with Crippen LogP contribution in [0, 0.1) is 0 Å². The molecular weight excluding hydrogens is 402 g/mol. The molecule has 0 spiro atoms. The molecule has 1 heterocycles. The molecule has 5 nitrogen and oxygen atoms in total. The molecule has 1 saturated carbocycles. The van der Waals surface area contributed by atoms with Crippen LogP contribution in [0.3, 0.4) is 0 Å². The standard InChI is InChI=1S/C22H29N3O2S2/c1-27-20-12-6-5-8-17(20)14-23-21(26)15-24-22(28)25(16-19-11-7-13-29-19)18-9-3-2-4-10-18/h5-8,11-13,18H,2-4,9-10,14-16H2,1H3,(H,23,26)(H,24,28). The molecule has 3 rings (SSSR count). The zero-order valence-electron chi connectivity index (χ0n) is 16.9. The summed E-state index contributed by atoms with van der Waals surface area (Å²) >= 11 is 7.43. The van der Waals surface area contributed by atoms with Crippen LogP contribution in [0.15, 0.2) is 41.8 Å². The number of amides is 1. The van der Waals surface area contributed by atoms with E-state index in [1.54, 1.807) is 18.4 Å². The van der Waals surface area contributed by atoms with Gasteiger partial charge < -0.3 is 20.3 Å². The average Bonchev–Trinajstić information content (AvgIpc) is 3.28. The highest BCUT2D eigenvalue weighted by Crippen LogP contribution is 2.25. The third-order valence-electron chi connectivity index (χ3n) is 5.25. The molecule has 0 bridgehead atoms. The van der Waals surface area contributed by atoms with E-state index in [1.807, 2.05) is 24.3 Å². The molecule has 0 unspecified atom stereocenters. The zero-order valence-corrected chi connectivity index (χ0v) is 18.5. The molecule has 1 aromatic carbocycles. The fourth-order valence-electron chi connectivity index (χ4n) is 3.69. The summed E-state index contributed by atoms with van der Waals surface area (Å²) in [6, 6.07) is 12.3. The molecule has 1 aliphatic carbocycles. The van der Waals surface area contributed by atoms with E-state index in [0.29, 0.717) is 17.7 Å². The lowest BCUT2D eigenvalue weighted by Crippen LogP contribution is -2.48. The minimum Gasteiger partial charge on any atom is -0.496 e. The highest BCUT2D eigenvalue weighted by Gasteiger charge is 2.24. The van der Waals surface area contributed by atoms with Gasteiger partial charge >= 0.3 is 0 Å². The summed E-state index contributed by atoms with van der Waals surface area (Å²) in [7, 11) is 1.63. The summed E-state index contributed by atoms with van der Waals surface area (Å²) in [5.74, 6) is 0.689. The Balaban J connectivity index is 1.52. The van der Waals surface area contributed by atoms with Gasteiger partial charge in [0.2, 0.25) is 5.91 Å². The lowest BCUT2D eigenvalue weighted by Gasteiger charge is -2.36. The molecule has 1 aromatic heterocycles. The minimum atomic E-state index is -0.0852. The Bertz CT molecular complexity index is 789. The Morgan fingerprint density at radius 2 is 1.97 bits per heavy atom. The quantitative estimate of drug-likeness (QED) is 0.617. The molecule has 2 aromatic rings. The van der Waals surface area contributed by atoms with Crippen LogP contribution >= 0.6 is 23.6 Å². The van der Waals surface area contributed by atoms with Gasteiger partial charge in [0.05, 0.1) is 20.2 Å². The van der Waals surface area contributed by atoms with Crippen LogP contribution in [0.2, 0.25) is 0 Å². The zero-order chi connectivity index (χ0) is 20.5. The van der Waals surface area contributed by atoms with Gasteiger partial charge in [-0.25, -0.2) is 0 Å². The fourth-order valence-corrected chi connectivity index (χ4v) is 4.68. The molecule has 29 heavy (non-hydrogen) atoms. The lowest BCUT2D eigenvalue weighted by atomic mass is 9.94. The maximum absolute atomic E-state index is 12.3. The molecule has 7 heteroatoms. The van der Waals surface area contributed by atoms with Crippen molar-refractivity contribution in [3.8, 4) is 5.75 Å². The van der Waals surface area contributed by atoms with Gasteiger partial charge in [-0.1, -0.05) is 43.5 Å². The Labute approximate surface area is 182 Å². The number of benzene rings is 1. The minimum absolute atomic E-state index is 0.0852. The Kier molecular flexibility index (Phi) is 8.31. The van der Waals surface area contributed by atoms with Crippen molar-refractivity contribution in [3.05, 3.63) is 52.2 Å². The average molecular weight is 432 g/mol. The van der Waals surface area contributed by atoms with E-state index in [4.69, 9.17) is 17.0 Å². The van der Waals surface area contributed by atoms with Gasteiger partial charge in [0.15, 0.2) is 5.11 Å². The van der Waals surface area contributed by atoms with Gasteiger partial charge in [0.1, 0.15) is 5.75 Å². The highest BCUT2D eigenvalue weighted by molar-refractivity contribution is 7.80. The summed E-state index contributed by atoms with van der Waals surface area (Å²) in [6.07, 6.45) is 6.11. The molecule has 0 saturated heterocycles. The third kappa shape index (κ3) is 6.44. The van der Waals surface area contributed by atoms with Crippen molar-refractivity contribution >= 4 is 34.6 Å². The number of nitrogens with zero attached hydrogens (tertiary/aromatic N) is 1. The Morgan fingerprint density at radius 3 is 2.69 bits per heavy atom. The van der Waals surface area contributed by atoms with Gasteiger partial charge in [-0.2, -0.15) is 0 Å². The van der Waals surface area contributed by atoms with Crippen LogP contribution in [0.25, 0.3) is 0 Å². The van der Waals surface area contributed by atoms with Crippen molar-refractivity contribution in [2.45, 2.75) is 51.2 Å². The van der Waals surface area contributed by atoms with Gasteiger partial charge in [-0.3, -0.25) is 4.79 Å². The number of carbonyl (C=O) groups excluding carboxylic acids is 1. The van der Waals surface area contributed by atoms with E-state index < -0.39 is 0 Å². The van der Waals surface area contributed by atoms with E-state index in [2.05, 4.69) is 33.0 Å². The summed E-state index contributed by atoms with van der Waals surface area (Å²) in [6.45, 7) is 1.40. The number of para-hydroxylation sites is 1. The Morgan fingerprint density at radius 1 is 1.17 bits per heavy atom. The molecule has 1 amide bonds. The SMILES string of the molecule is COc1ccccc1CNC(=O)CNC(=S)N(Cc1cccs1)C1CCCCC1. The van der Waals surface area contributed by atoms with Gasteiger partial charge in [-0.05, 0) is 42.6 Å². The summed E-state index contributed by atoms with van der Waals surface area (Å²) in [5, 5.41) is 8.87. The van der Waals surface area contributed by atoms with Crippen LogP contribution in [0.1, 0.15) is 42.5 Å². The second-order valence-electron chi connectivity index (χ2n) is 7.25. The number of hydrogen-bond donors (Lipinski definition) is 2. The van der Waals surface area contributed by atoms with Crippen molar-refractivity contribution in [3.63, 3.8) is 0 Å². The summed E-state index contributed by atoms with van der Waals surface area (Å²) in [4.78, 5) is 15.9. The number of ether oxygens (including phenoxy) is 1. The van der Waals surface area contributed by atoms with E-state index in [9.17, 15) is 4.79 Å². The number of carbonyl (C=O) groups is 1. The number of hydrogen-bond acceptors (Lipinski definition) is 4. The molecule has 0 radical (unpaired) electrons. The molecule has 1 aliphatic rings.